The van der Waals surface area contributed by atoms with Gasteiger partial charge in [-0.05, 0) is 13.0 Å². The molecular weight excluding hydrogens is 140 g/mol. The highest BCUT2D eigenvalue weighted by Crippen LogP contribution is 2.05. The molecule has 0 aromatic carbocycles. The molecular formula is C8H12N2O. The van der Waals surface area contributed by atoms with E-state index in [0.29, 0.717) is 6.42 Å². The first-order valence-electron chi connectivity index (χ1n) is 3.56. The largest absolute Gasteiger partial charge is 0.396 e. The molecule has 3 nitrogen and oxygen atoms in total. The van der Waals surface area contributed by atoms with E-state index in [9.17, 15) is 0 Å². The Morgan fingerprint density at radius 1 is 1.73 bits per heavy atom. The molecule has 1 heterocycles. The number of rotatable bonds is 3. The molecule has 1 aromatic heterocycles. The van der Waals surface area contributed by atoms with E-state index in [4.69, 9.17) is 5.11 Å². The minimum atomic E-state index is 0.129. The normalized spacial score (nSPS) is 10.0. The van der Waals surface area contributed by atoms with Crippen molar-refractivity contribution in [1.29, 1.82) is 0 Å². The minimum absolute atomic E-state index is 0.129. The fourth-order valence-corrected chi connectivity index (χ4v) is 0.961. The van der Waals surface area contributed by atoms with Gasteiger partial charge >= 0.3 is 0 Å². The van der Waals surface area contributed by atoms with E-state index in [1.807, 2.05) is 6.92 Å². The lowest BCUT2D eigenvalue weighted by atomic mass is 10.3. The van der Waals surface area contributed by atoms with Crippen molar-refractivity contribution in [2.24, 2.45) is 0 Å². The Labute approximate surface area is 65.8 Å². The molecule has 0 amide bonds. The van der Waals surface area contributed by atoms with Crippen LogP contribution in [0.5, 0.6) is 0 Å². The number of hydrogen-bond acceptors (Lipinski definition) is 2. The Bertz CT molecular complexity index is 253. The number of aryl methyl sites for hydroxylation is 1. The third-order valence-electron chi connectivity index (χ3n) is 1.51. The van der Waals surface area contributed by atoms with E-state index in [2.05, 4.69) is 16.5 Å². The van der Waals surface area contributed by atoms with E-state index in [0.717, 1.165) is 17.2 Å². The summed E-state index contributed by atoms with van der Waals surface area (Å²) in [6, 6.07) is 0. The highest BCUT2D eigenvalue weighted by atomic mass is 16.3. The first kappa shape index (κ1) is 8.01. The molecule has 0 unspecified atom stereocenters. The molecule has 0 bridgehead atoms. The molecule has 0 atom stereocenters. The Balaban J connectivity index is 2.86. The molecule has 3 heteroatoms. The maximum absolute atomic E-state index is 8.61. The monoisotopic (exact) mass is 152 g/mol. The van der Waals surface area contributed by atoms with Gasteiger partial charge in [0.2, 0.25) is 0 Å². The van der Waals surface area contributed by atoms with Gasteiger partial charge in [-0.2, -0.15) is 0 Å². The standard InChI is InChI=1S/C8H12N2O/c1-3-7-6(2)9-8(10-7)4-5-11/h3,11H,1,4-5H2,2H3,(H,9,10). The fraction of sp³-hybridized carbons (Fsp3) is 0.375. The lowest BCUT2D eigenvalue weighted by Gasteiger charge is -1.87. The van der Waals surface area contributed by atoms with Gasteiger partial charge in [0, 0.05) is 12.1 Å². The predicted molar refractivity (Wildman–Crippen MR) is 44.2 cm³/mol. The van der Waals surface area contributed by atoms with E-state index in [1.165, 1.54) is 0 Å². The lowest BCUT2D eigenvalue weighted by molar-refractivity contribution is 0.297. The number of H-pyrrole nitrogens is 1. The number of aromatic nitrogens is 2. The second kappa shape index (κ2) is 3.34. The summed E-state index contributed by atoms with van der Waals surface area (Å²) in [7, 11) is 0. The molecule has 0 aliphatic rings. The average molecular weight is 152 g/mol. The summed E-state index contributed by atoms with van der Waals surface area (Å²) in [5, 5.41) is 8.61. The van der Waals surface area contributed by atoms with Crippen molar-refractivity contribution < 1.29 is 5.11 Å². The molecule has 0 radical (unpaired) electrons. The first-order valence-corrected chi connectivity index (χ1v) is 3.56. The Hall–Kier alpha value is -1.09. The number of aromatic amines is 1. The summed E-state index contributed by atoms with van der Waals surface area (Å²) in [6.45, 7) is 5.68. The number of nitrogens with one attached hydrogen (secondary N) is 1. The van der Waals surface area contributed by atoms with Gasteiger partial charge in [-0.3, -0.25) is 0 Å². The van der Waals surface area contributed by atoms with E-state index in [1.54, 1.807) is 6.08 Å². The zero-order valence-electron chi connectivity index (χ0n) is 6.59. The van der Waals surface area contributed by atoms with E-state index >= 15 is 0 Å². The van der Waals surface area contributed by atoms with Crippen molar-refractivity contribution in [1.82, 2.24) is 9.97 Å². The van der Waals surface area contributed by atoms with E-state index in [-0.39, 0.29) is 6.61 Å². The summed E-state index contributed by atoms with van der Waals surface area (Å²) < 4.78 is 0. The van der Waals surface area contributed by atoms with Crippen LogP contribution < -0.4 is 0 Å². The maximum atomic E-state index is 8.61. The molecule has 60 valence electrons. The molecule has 1 aromatic rings. The Kier molecular flexibility index (Phi) is 2.44. The number of hydrogen-bond donors (Lipinski definition) is 2. The quantitative estimate of drug-likeness (QED) is 0.676. The molecule has 0 saturated heterocycles. The molecule has 0 aliphatic carbocycles. The molecule has 0 aliphatic heterocycles. The van der Waals surface area contributed by atoms with Crippen LogP contribution in [-0.4, -0.2) is 21.7 Å². The molecule has 0 fully saturated rings. The predicted octanol–water partition coefficient (Wildman–Crippen LogP) is 0.896. The van der Waals surface area contributed by atoms with E-state index < -0.39 is 0 Å². The zero-order valence-corrected chi connectivity index (χ0v) is 6.59. The number of imidazole rings is 1. The van der Waals surface area contributed by atoms with Crippen LogP contribution in [-0.2, 0) is 6.42 Å². The second-order valence-electron chi connectivity index (χ2n) is 2.37. The van der Waals surface area contributed by atoms with Crippen LogP contribution in [0, 0.1) is 6.92 Å². The van der Waals surface area contributed by atoms with Gasteiger partial charge in [0.05, 0.1) is 12.3 Å². The molecule has 11 heavy (non-hydrogen) atoms. The van der Waals surface area contributed by atoms with Crippen LogP contribution in [0.1, 0.15) is 17.2 Å². The third kappa shape index (κ3) is 1.68. The average Bonchev–Trinajstić information content (AvgIpc) is 2.32. The van der Waals surface area contributed by atoms with Gasteiger partial charge in [-0.1, -0.05) is 6.58 Å². The van der Waals surface area contributed by atoms with Gasteiger partial charge in [-0.25, -0.2) is 4.98 Å². The van der Waals surface area contributed by atoms with Crippen LogP contribution in [0.25, 0.3) is 6.08 Å². The third-order valence-corrected chi connectivity index (χ3v) is 1.51. The highest BCUT2D eigenvalue weighted by molar-refractivity contribution is 5.44. The number of nitrogens with zero attached hydrogens (tertiary/aromatic N) is 1. The lowest BCUT2D eigenvalue weighted by Crippen LogP contribution is -1.92. The van der Waals surface area contributed by atoms with Crippen LogP contribution >= 0.6 is 0 Å². The second-order valence-corrected chi connectivity index (χ2v) is 2.37. The summed E-state index contributed by atoms with van der Waals surface area (Å²) in [5.41, 5.74) is 1.87. The molecule has 2 N–H and O–H groups in total. The van der Waals surface area contributed by atoms with Gasteiger partial charge in [0.25, 0.3) is 0 Å². The molecule has 0 spiro atoms. The van der Waals surface area contributed by atoms with Crippen molar-refractivity contribution >= 4 is 6.08 Å². The van der Waals surface area contributed by atoms with Gasteiger partial charge < -0.3 is 10.1 Å². The fourth-order valence-electron chi connectivity index (χ4n) is 0.961. The van der Waals surface area contributed by atoms with Crippen molar-refractivity contribution in [3.8, 4) is 0 Å². The minimum Gasteiger partial charge on any atom is -0.396 e. The van der Waals surface area contributed by atoms with Crippen molar-refractivity contribution in [2.75, 3.05) is 6.61 Å². The highest BCUT2D eigenvalue weighted by Gasteiger charge is 2.01. The summed E-state index contributed by atoms with van der Waals surface area (Å²) in [6.07, 6.45) is 2.28. The smallest absolute Gasteiger partial charge is 0.109 e. The van der Waals surface area contributed by atoms with Crippen LogP contribution in [0.3, 0.4) is 0 Å². The molecule has 1 rings (SSSR count). The maximum Gasteiger partial charge on any atom is 0.109 e. The van der Waals surface area contributed by atoms with Gasteiger partial charge in [0.15, 0.2) is 0 Å². The summed E-state index contributed by atoms with van der Waals surface area (Å²) in [5.74, 6) is 0.819. The Morgan fingerprint density at radius 3 is 2.91 bits per heavy atom. The summed E-state index contributed by atoms with van der Waals surface area (Å²) >= 11 is 0. The molecule has 0 saturated carbocycles. The van der Waals surface area contributed by atoms with Crippen LogP contribution in [0.4, 0.5) is 0 Å². The Morgan fingerprint density at radius 2 is 2.45 bits per heavy atom. The SMILES string of the molecule is C=Cc1nc(CCO)[nH]c1C. The number of aliphatic hydroxyl groups is 1. The van der Waals surface area contributed by atoms with Crippen molar-refractivity contribution in [2.45, 2.75) is 13.3 Å². The van der Waals surface area contributed by atoms with Crippen LogP contribution in [0.2, 0.25) is 0 Å². The van der Waals surface area contributed by atoms with Crippen LogP contribution in [0.15, 0.2) is 6.58 Å². The van der Waals surface area contributed by atoms with Crippen molar-refractivity contribution in [3.05, 3.63) is 23.8 Å². The van der Waals surface area contributed by atoms with Gasteiger partial charge in [-0.15, -0.1) is 0 Å². The first-order chi connectivity index (χ1) is 5.27. The van der Waals surface area contributed by atoms with Crippen molar-refractivity contribution in [3.63, 3.8) is 0 Å². The zero-order chi connectivity index (χ0) is 8.27. The van der Waals surface area contributed by atoms with Gasteiger partial charge in [0.1, 0.15) is 5.82 Å². The summed E-state index contributed by atoms with van der Waals surface area (Å²) in [4.78, 5) is 7.24. The number of aliphatic hydroxyl groups excluding tert-OH is 1. The topological polar surface area (TPSA) is 48.9 Å².